The Labute approximate surface area is 212 Å². The summed E-state index contributed by atoms with van der Waals surface area (Å²) < 4.78 is 89.6. The molecule has 3 rings (SSSR count). The molecule has 2 aromatic carbocycles. The van der Waals surface area contributed by atoms with Gasteiger partial charge in [0.2, 0.25) is 11.0 Å². The lowest BCUT2D eigenvalue weighted by molar-refractivity contribution is -0.143. The number of anilines is 1. The number of nitrogens with zero attached hydrogens (tertiary/aromatic N) is 2. The highest BCUT2D eigenvalue weighted by Crippen LogP contribution is 2.38. The van der Waals surface area contributed by atoms with Crippen molar-refractivity contribution in [3.05, 3.63) is 63.7 Å². The molecule has 0 aliphatic heterocycles. The maximum Gasteiger partial charge on any atom is 0.416 e. The Morgan fingerprint density at radius 2 is 1.76 bits per heavy atom. The van der Waals surface area contributed by atoms with Crippen molar-refractivity contribution in [2.75, 3.05) is 12.4 Å². The monoisotopic (exact) mass is 547 g/mol. The van der Waals surface area contributed by atoms with Crippen LogP contribution in [0, 0.1) is 5.92 Å². The molecule has 1 N–H and O–H groups in total. The Morgan fingerprint density at radius 1 is 1.03 bits per heavy atom. The second-order valence-electron chi connectivity index (χ2n) is 8.09. The molecular formula is C24H23F6N3O3S. The van der Waals surface area contributed by atoms with Crippen LogP contribution in [-0.2, 0) is 36.6 Å². The van der Waals surface area contributed by atoms with Gasteiger partial charge in [0.05, 0.1) is 18.2 Å². The van der Waals surface area contributed by atoms with Crippen LogP contribution in [0.1, 0.15) is 41.1 Å². The van der Waals surface area contributed by atoms with Crippen LogP contribution < -0.4 is 14.8 Å². The second-order valence-corrected chi connectivity index (χ2v) is 9.15. The lowest BCUT2D eigenvalue weighted by Crippen LogP contribution is -2.22. The molecule has 3 aromatic rings. The van der Waals surface area contributed by atoms with Crippen LogP contribution in [-0.4, -0.2) is 23.2 Å². The Balaban J connectivity index is 1.71. The topological polar surface area (TPSA) is 73.3 Å². The lowest BCUT2D eigenvalue weighted by atomic mass is 10.00. The quantitative estimate of drug-likeness (QED) is 0.308. The van der Waals surface area contributed by atoms with Crippen molar-refractivity contribution in [3.63, 3.8) is 0 Å². The molecule has 0 saturated heterocycles. The number of hydrogen-bond donors (Lipinski definition) is 1. The molecule has 0 aliphatic carbocycles. The van der Waals surface area contributed by atoms with Crippen LogP contribution >= 0.6 is 11.3 Å². The second kappa shape index (κ2) is 11.4. The molecule has 0 radical (unpaired) electrons. The number of benzene rings is 2. The molecule has 1 heterocycles. The Bertz CT molecular complexity index is 1240. The van der Waals surface area contributed by atoms with E-state index in [1.165, 1.54) is 24.5 Å². The Hall–Kier alpha value is -3.35. The summed E-state index contributed by atoms with van der Waals surface area (Å²) in [7, 11) is 1.34. The minimum absolute atomic E-state index is 0.0658. The van der Waals surface area contributed by atoms with Crippen molar-refractivity contribution >= 4 is 22.4 Å². The summed E-state index contributed by atoms with van der Waals surface area (Å²) in [6.45, 7) is 3.01. The fourth-order valence-corrected chi connectivity index (χ4v) is 4.06. The van der Waals surface area contributed by atoms with Gasteiger partial charge in [-0.15, -0.1) is 10.2 Å². The highest BCUT2D eigenvalue weighted by Gasteiger charge is 2.38. The normalized spacial score (nSPS) is 12.8. The van der Waals surface area contributed by atoms with E-state index in [9.17, 15) is 31.1 Å². The standard InChI is InChI=1S/C24H23F6N3O3S/c1-4-20-32-33-22(37-20)31-21(34)13(2)9-14-5-8-18(19(10-14)35-3)36-12-15-6-7-16(23(25,26)27)11-17(15)24(28,29)30/h5-8,10-11,13H,4,9,12H2,1-3H3,(H,31,33,34). The van der Waals surface area contributed by atoms with Gasteiger partial charge in [-0.25, -0.2) is 0 Å². The molecule has 37 heavy (non-hydrogen) atoms. The summed E-state index contributed by atoms with van der Waals surface area (Å²) in [6, 6.07) is 6.06. The molecule has 200 valence electrons. The highest BCUT2D eigenvalue weighted by atomic mass is 32.1. The number of aromatic nitrogens is 2. The van der Waals surface area contributed by atoms with Gasteiger partial charge in [-0.1, -0.05) is 37.3 Å². The van der Waals surface area contributed by atoms with E-state index in [0.29, 0.717) is 29.6 Å². The molecular weight excluding hydrogens is 524 g/mol. The third-order valence-electron chi connectivity index (χ3n) is 5.34. The minimum atomic E-state index is -5.00. The Morgan fingerprint density at radius 3 is 2.35 bits per heavy atom. The fourth-order valence-electron chi connectivity index (χ4n) is 3.38. The molecule has 0 aliphatic rings. The third kappa shape index (κ3) is 7.34. The van der Waals surface area contributed by atoms with E-state index in [0.717, 1.165) is 11.1 Å². The van der Waals surface area contributed by atoms with Gasteiger partial charge in [-0.2, -0.15) is 26.3 Å². The molecule has 0 bridgehead atoms. The van der Waals surface area contributed by atoms with E-state index >= 15 is 0 Å². The van der Waals surface area contributed by atoms with E-state index in [1.54, 1.807) is 19.1 Å². The number of alkyl halides is 6. The molecule has 6 nitrogen and oxygen atoms in total. The van der Waals surface area contributed by atoms with Crippen molar-refractivity contribution < 1.29 is 40.6 Å². The first kappa shape index (κ1) is 28.2. The number of aryl methyl sites for hydroxylation is 1. The van der Waals surface area contributed by atoms with Crippen molar-refractivity contribution in [2.24, 2.45) is 5.92 Å². The molecule has 0 saturated carbocycles. The van der Waals surface area contributed by atoms with Crippen LogP contribution in [0.15, 0.2) is 36.4 Å². The molecule has 1 atom stereocenters. The number of ether oxygens (including phenoxy) is 2. The number of rotatable bonds is 9. The summed E-state index contributed by atoms with van der Waals surface area (Å²) >= 11 is 1.28. The number of methoxy groups -OCH3 is 1. The van der Waals surface area contributed by atoms with Crippen LogP contribution in [0.2, 0.25) is 0 Å². The first-order valence-electron chi connectivity index (χ1n) is 11.0. The maximum absolute atomic E-state index is 13.4. The summed E-state index contributed by atoms with van der Waals surface area (Å²) in [5.41, 5.74) is -2.59. The predicted octanol–water partition coefficient (Wildman–Crippen LogP) is 6.54. The molecule has 1 unspecified atom stereocenters. The summed E-state index contributed by atoms with van der Waals surface area (Å²) in [5.74, 6) is -0.424. The maximum atomic E-state index is 13.4. The average molecular weight is 548 g/mol. The van der Waals surface area contributed by atoms with Gasteiger partial charge in [0.15, 0.2) is 11.5 Å². The average Bonchev–Trinajstić information content (AvgIpc) is 3.29. The fraction of sp³-hybridized carbons (Fsp3) is 0.375. The van der Waals surface area contributed by atoms with Crippen LogP contribution in [0.4, 0.5) is 31.5 Å². The van der Waals surface area contributed by atoms with E-state index in [-0.39, 0.29) is 23.5 Å². The van der Waals surface area contributed by atoms with Crippen molar-refractivity contribution in [1.29, 1.82) is 0 Å². The highest BCUT2D eigenvalue weighted by molar-refractivity contribution is 7.15. The smallest absolute Gasteiger partial charge is 0.416 e. The number of carbonyl (C=O) groups is 1. The third-order valence-corrected chi connectivity index (χ3v) is 6.33. The van der Waals surface area contributed by atoms with Crippen LogP contribution in [0.3, 0.4) is 0 Å². The van der Waals surface area contributed by atoms with Crippen molar-refractivity contribution in [3.8, 4) is 11.5 Å². The van der Waals surface area contributed by atoms with E-state index in [2.05, 4.69) is 15.5 Å². The van der Waals surface area contributed by atoms with Gasteiger partial charge in [-0.05, 0) is 42.7 Å². The van der Waals surface area contributed by atoms with Crippen LogP contribution in [0.25, 0.3) is 0 Å². The number of carbonyl (C=O) groups excluding carboxylic acids is 1. The van der Waals surface area contributed by atoms with Crippen molar-refractivity contribution in [1.82, 2.24) is 10.2 Å². The Kier molecular flexibility index (Phi) is 8.67. The molecule has 0 fully saturated rings. The molecule has 13 heteroatoms. The summed E-state index contributed by atoms with van der Waals surface area (Å²) in [5, 5.41) is 11.8. The van der Waals surface area contributed by atoms with Gasteiger partial charge >= 0.3 is 12.4 Å². The zero-order valence-electron chi connectivity index (χ0n) is 20.0. The first-order chi connectivity index (χ1) is 17.3. The predicted molar refractivity (Wildman–Crippen MR) is 125 cm³/mol. The molecule has 0 spiro atoms. The summed E-state index contributed by atoms with van der Waals surface area (Å²) in [6.07, 6.45) is -8.90. The van der Waals surface area contributed by atoms with Gasteiger partial charge in [-0.3, -0.25) is 4.79 Å². The van der Waals surface area contributed by atoms with Crippen LogP contribution in [0.5, 0.6) is 11.5 Å². The number of halogens is 6. The van der Waals surface area contributed by atoms with Gasteiger partial charge < -0.3 is 14.8 Å². The molecule has 1 amide bonds. The van der Waals surface area contributed by atoms with Gasteiger partial charge in [0.1, 0.15) is 11.6 Å². The van der Waals surface area contributed by atoms with Gasteiger partial charge in [0, 0.05) is 11.5 Å². The summed E-state index contributed by atoms with van der Waals surface area (Å²) in [4.78, 5) is 12.5. The number of amides is 1. The van der Waals surface area contributed by atoms with E-state index in [4.69, 9.17) is 9.47 Å². The van der Waals surface area contributed by atoms with E-state index in [1.807, 2.05) is 6.92 Å². The van der Waals surface area contributed by atoms with Crippen molar-refractivity contribution in [2.45, 2.75) is 45.6 Å². The zero-order chi connectivity index (χ0) is 27.4. The van der Waals surface area contributed by atoms with E-state index < -0.39 is 41.6 Å². The van der Waals surface area contributed by atoms with Gasteiger partial charge in [0.25, 0.3) is 0 Å². The zero-order valence-corrected chi connectivity index (χ0v) is 20.8. The minimum Gasteiger partial charge on any atom is -0.493 e. The number of nitrogens with one attached hydrogen (secondary N) is 1. The largest absolute Gasteiger partial charge is 0.493 e. The first-order valence-corrected chi connectivity index (χ1v) is 11.8. The molecule has 1 aromatic heterocycles. The SMILES string of the molecule is CCc1nnc(NC(=O)C(C)Cc2ccc(OCc3ccc(C(F)(F)F)cc3C(F)(F)F)c(OC)c2)s1. The lowest BCUT2D eigenvalue weighted by Gasteiger charge is -2.18. The number of hydrogen-bond acceptors (Lipinski definition) is 6.